The number of unbranched alkanes of at least 4 members (excludes halogenated alkanes) is 2. The second-order valence-corrected chi connectivity index (χ2v) is 8.99. The van der Waals surface area contributed by atoms with Crippen LogP contribution in [0.25, 0.3) is 0 Å². The van der Waals surface area contributed by atoms with Crippen LogP contribution in [0.15, 0.2) is 29.1 Å². The van der Waals surface area contributed by atoms with Gasteiger partial charge in [-0.25, -0.2) is 4.79 Å². The average Bonchev–Trinajstić information content (AvgIpc) is 2.86. The molecule has 2 aromatic rings. The largest absolute Gasteiger partial charge is 0.481 e. The molecular weight excluding hydrogens is 482 g/mol. The van der Waals surface area contributed by atoms with Crippen LogP contribution in [-0.4, -0.2) is 63.2 Å². The Morgan fingerprint density at radius 1 is 1.16 bits per heavy atom. The molecule has 0 bridgehead atoms. The fourth-order valence-corrected chi connectivity index (χ4v) is 4.06. The summed E-state index contributed by atoms with van der Waals surface area (Å²) in [5.74, 6) is -3.37. The predicted molar refractivity (Wildman–Crippen MR) is 139 cm³/mol. The first-order valence-electron chi connectivity index (χ1n) is 12.2. The summed E-state index contributed by atoms with van der Waals surface area (Å²) in [5.41, 5.74) is 6.45. The Morgan fingerprint density at radius 2 is 1.89 bits per heavy atom. The van der Waals surface area contributed by atoms with E-state index in [0.717, 1.165) is 12.8 Å². The number of aromatic amines is 1. The number of nitrogens with zero attached hydrogens (tertiary/aromatic N) is 1. The van der Waals surface area contributed by atoms with Crippen LogP contribution in [0.4, 0.5) is 23.1 Å². The molecule has 200 valence electrons. The summed E-state index contributed by atoms with van der Waals surface area (Å²) in [7, 11) is 0. The molecule has 0 saturated carbocycles. The number of benzene rings is 1. The summed E-state index contributed by atoms with van der Waals surface area (Å²) in [6, 6.07) is 5.01. The van der Waals surface area contributed by atoms with Crippen LogP contribution in [0.3, 0.4) is 0 Å². The highest BCUT2D eigenvalue weighted by Crippen LogP contribution is 2.20. The molecule has 0 fully saturated rings. The van der Waals surface area contributed by atoms with E-state index in [1.807, 2.05) is 6.92 Å². The van der Waals surface area contributed by atoms with Gasteiger partial charge < -0.3 is 37.2 Å². The first kappa shape index (κ1) is 27.3. The van der Waals surface area contributed by atoms with Crippen molar-refractivity contribution in [2.45, 2.75) is 51.1 Å². The molecule has 13 nitrogen and oxygen atoms in total. The third-order valence-corrected chi connectivity index (χ3v) is 6.13. The van der Waals surface area contributed by atoms with Gasteiger partial charge in [-0.3, -0.25) is 19.4 Å². The standard InChI is InChI=1S/C24H33N7O6/c1-2-3-4-5-14(22(34)35)10-17(23(36)37)29-20(32)13-6-8-15(9-7-13)26-11-16-12-27-19-18(28-16)21(33)31-24(25)30-19/h6-9,14,16-17,26,28H,2-5,10-12H2,1H3,(H,29,32)(H,34,35)(H,36,37)(H4,25,27,30,31,33). The second kappa shape index (κ2) is 12.6. The van der Waals surface area contributed by atoms with Crippen LogP contribution in [-0.2, 0) is 9.59 Å². The van der Waals surface area contributed by atoms with Gasteiger partial charge in [0.05, 0.1) is 12.0 Å². The Hall–Kier alpha value is -4.29. The number of carbonyl (C=O) groups excluding carboxylic acids is 1. The number of hydrogen-bond donors (Lipinski definition) is 8. The van der Waals surface area contributed by atoms with E-state index in [9.17, 15) is 29.4 Å². The molecule has 0 saturated heterocycles. The summed E-state index contributed by atoms with van der Waals surface area (Å²) in [5, 5.41) is 30.8. The van der Waals surface area contributed by atoms with Crippen molar-refractivity contribution in [3.05, 3.63) is 40.2 Å². The van der Waals surface area contributed by atoms with Crippen molar-refractivity contribution >= 4 is 41.0 Å². The van der Waals surface area contributed by atoms with E-state index in [1.54, 1.807) is 24.3 Å². The van der Waals surface area contributed by atoms with E-state index in [2.05, 4.69) is 31.2 Å². The van der Waals surface area contributed by atoms with Crippen molar-refractivity contribution in [1.82, 2.24) is 15.3 Å². The zero-order valence-corrected chi connectivity index (χ0v) is 20.5. The topological polar surface area (TPSA) is 212 Å². The number of carboxylic acid groups (broad SMARTS) is 2. The highest BCUT2D eigenvalue weighted by molar-refractivity contribution is 5.97. The number of nitrogens with one attached hydrogen (secondary N) is 5. The monoisotopic (exact) mass is 515 g/mol. The molecule has 1 aliphatic rings. The first-order chi connectivity index (χ1) is 17.7. The molecule has 9 N–H and O–H groups in total. The number of rotatable bonds is 13. The number of fused-ring (bicyclic) bond motifs is 1. The molecule has 3 atom stereocenters. The predicted octanol–water partition coefficient (Wildman–Crippen LogP) is 1.52. The van der Waals surface area contributed by atoms with E-state index < -0.39 is 29.8 Å². The minimum absolute atomic E-state index is 0.0297. The lowest BCUT2D eigenvalue weighted by atomic mass is 9.93. The van der Waals surface area contributed by atoms with Gasteiger partial charge in [0.2, 0.25) is 5.95 Å². The fourth-order valence-electron chi connectivity index (χ4n) is 4.06. The number of carbonyl (C=O) groups is 3. The van der Waals surface area contributed by atoms with Crippen molar-refractivity contribution in [1.29, 1.82) is 0 Å². The van der Waals surface area contributed by atoms with Crippen LogP contribution in [0.2, 0.25) is 0 Å². The van der Waals surface area contributed by atoms with Crippen molar-refractivity contribution in [2.24, 2.45) is 5.92 Å². The van der Waals surface area contributed by atoms with Crippen LogP contribution in [0.5, 0.6) is 0 Å². The van der Waals surface area contributed by atoms with Crippen LogP contribution in [0.1, 0.15) is 49.4 Å². The lowest BCUT2D eigenvalue weighted by Crippen LogP contribution is -2.43. The minimum atomic E-state index is -1.31. The highest BCUT2D eigenvalue weighted by atomic mass is 16.4. The molecule has 2 heterocycles. The summed E-state index contributed by atoms with van der Waals surface area (Å²) in [4.78, 5) is 54.5. The van der Waals surface area contributed by atoms with Gasteiger partial charge in [0.1, 0.15) is 11.7 Å². The third kappa shape index (κ3) is 7.59. The van der Waals surface area contributed by atoms with Gasteiger partial charge in [-0.1, -0.05) is 26.2 Å². The number of anilines is 4. The highest BCUT2D eigenvalue weighted by Gasteiger charge is 2.28. The van der Waals surface area contributed by atoms with Crippen LogP contribution >= 0.6 is 0 Å². The molecule has 0 aliphatic carbocycles. The number of nitrogen functional groups attached to an aromatic ring is 1. The minimum Gasteiger partial charge on any atom is -0.481 e. The molecule has 1 aromatic carbocycles. The summed E-state index contributed by atoms with van der Waals surface area (Å²) < 4.78 is 0. The molecule has 3 rings (SSSR count). The smallest absolute Gasteiger partial charge is 0.326 e. The fraction of sp³-hybridized carbons (Fsp3) is 0.458. The van der Waals surface area contributed by atoms with Gasteiger partial charge in [0.15, 0.2) is 5.82 Å². The molecule has 37 heavy (non-hydrogen) atoms. The molecule has 3 unspecified atom stereocenters. The Kier molecular flexibility index (Phi) is 9.30. The number of H-pyrrole nitrogens is 1. The normalized spacial score (nSPS) is 15.9. The molecule has 0 spiro atoms. The molecule has 0 radical (unpaired) electrons. The number of hydrogen-bond acceptors (Lipinski definition) is 9. The third-order valence-electron chi connectivity index (χ3n) is 6.13. The number of carboxylic acids is 2. The lowest BCUT2D eigenvalue weighted by Gasteiger charge is -2.27. The lowest BCUT2D eigenvalue weighted by molar-refractivity contribution is -0.144. The van der Waals surface area contributed by atoms with Crippen molar-refractivity contribution in [3.8, 4) is 0 Å². The van der Waals surface area contributed by atoms with E-state index in [1.165, 1.54) is 0 Å². The quantitative estimate of drug-likeness (QED) is 0.179. The number of nitrogens with two attached hydrogens (primary N) is 1. The first-order valence-corrected chi connectivity index (χ1v) is 12.2. The van der Waals surface area contributed by atoms with E-state index in [-0.39, 0.29) is 29.5 Å². The van der Waals surface area contributed by atoms with Crippen molar-refractivity contribution in [2.75, 3.05) is 34.8 Å². The maximum Gasteiger partial charge on any atom is 0.326 e. The number of aromatic nitrogens is 2. The van der Waals surface area contributed by atoms with Crippen molar-refractivity contribution in [3.63, 3.8) is 0 Å². The number of aliphatic carboxylic acids is 2. The molecule has 13 heteroatoms. The summed E-state index contributed by atoms with van der Waals surface area (Å²) >= 11 is 0. The van der Waals surface area contributed by atoms with Gasteiger partial charge >= 0.3 is 11.9 Å². The SMILES string of the molecule is CCCCCC(CC(NC(=O)c1ccc(NCC2CNc3nc(N)[nH]c(=O)c3N2)cc1)C(=O)O)C(=O)O. The van der Waals surface area contributed by atoms with Gasteiger partial charge in [-0.2, -0.15) is 4.98 Å². The molecule has 1 aliphatic heterocycles. The Labute approximate surface area is 213 Å². The maximum atomic E-state index is 12.7. The summed E-state index contributed by atoms with van der Waals surface area (Å²) in [6.45, 7) is 2.96. The van der Waals surface area contributed by atoms with Crippen LogP contribution in [0, 0.1) is 5.92 Å². The van der Waals surface area contributed by atoms with Gasteiger partial charge in [0.25, 0.3) is 11.5 Å². The van der Waals surface area contributed by atoms with Gasteiger partial charge in [-0.15, -0.1) is 0 Å². The Balaban J connectivity index is 1.54. The van der Waals surface area contributed by atoms with Crippen molar-refractivity contribution < 1.29 is 24.6 Å². The van der Waals surface area contributed by atoms with Gasteiger partial charge in [-0.05, 0) is 37.1 Å². The van der Waals surface area contributed by atoms with E-state index >= 15 is 0 Å². The Morgan fingerprint density at radius 3 is 2.54 bits per heavy atom. The summed E-state index contributed by atoms with van der Waals surface area (Å²) in [6.07, 6.45) is 2.64. The average molecular weight is 516 g/mol. The van der Waals surface area contributed by atoms with E-state index in [0.29, 0.717) is 43.1 Å². The van der Waals surface area contributed by atoms with E-state index in [4.69, 9.17) is 5.73 Å². The molecule has 1 aromatic heterocycles. The number of amides is 1. The maximum absolute atomic E-state index is 12.7. The Bertz CT molecular complexity index is 1170. The molecule has 1 amide bonds. The molecular formula is C24H33N7O6. The zero-order valence-electron chi connectivity index (χ0n) is 20.5. The second-order valence-electron chi connectivity index (χ2n) is 8.99. The van der Waals surface area contributed by atoms with Gasteiger partial charge in [0, 0.05) is 24.3 Å². The zero-order chi connectivity index (χ0) is 26.9. The van der Waals surface area contributed by atoms with Crippen LogP contribution < -0.4 is 32.6 Å².